The molecule has 0 N–H and O–H groups in total. The summed E-state index contributed by atoms with van der Waals surface area (Å²) in [6, 6.07) is 11.4. The van der Waals surface area contributed by atoms with Gasteiger partial charge in [-0.25, -0.2) is 0 Å². The molecule has 0 radical (unpaired) electrons. The monoisotopic (exact) mass is 447 g/mol. The quantitative estimate of drug-likeness (QED) is 0.389. The number of nitro benzene ring substituents is 1. The zero-order chi connectivity index (χ0) is 23.9. The van der Waals surface area contributed by atoms with Gasteiger partial charge in [-0.3, -0.25) is 19.7 Å². The molecule has 9 heteroatoms. The Hall–Kier alpha value is -4.19. The van der Waals surface area contributed by atoms with Crippen molar-refractivity contribution < 1.29 is 24.0 Å². The van der Waals surface area contributed by atoms with Gasteiger partial charge in [0.1, 0.15) is 5.75 Å². The molecule has 4 rings (SSSR count). The molecule has 1 saturated heterocycles. The first kappa shape index (κ1) is 22.0. The fourth-order valence-electron chi connectivity index (χ4n) is 5.03. The summed E-state index contributed by atoms with van der Waals surface area (Å²) in [6.45, 7) is 1.41. The third-order valence-electron chi connectivity index (χ3n) is 6.43. The first-order valence-electron chi connectivity index (χ1n) is 10.2. The Labute approximate surface area is 190 Å². The number of methoxy groups -OCH3 is 2. The zero-order valence-electron chi connectivity index (χ0n) is 18.2. The number of fused-ring (bicyclic) bond motifs is 3. The van der Waals surface area contributed by atoms with Crippen LogP contribution in [0.4, 0.5) is 11.4 Å². The van der Waals surface area contributed by atoms with Gasteiger partial charge in [-0.1, -0.05) is 24.3 Å². The third kappa shape index (κ3) is 3.14. The van der Waals surface area contributed by atoms with Crippen LogP contribution in [0.25, 0.3) is 6.08 Å². The van der Waals surface area contributed by atoms with Gasteiger partial charge in [0.15, 0.2) is 11.2 Å². The van der Waals surface area contributed by atoms with E-state index in [-0.39, 0.29) is 11.5 Å². The van der Waals surface area contributed by atoms with Crippen molar-refractivity contribution in [1.82, 2.24) is 0 Å². The molecular weight excluding hydrogens is 426 g/mol. The van der Waals surface area contributed by atoms with E-state index in [0.29, 0.717) is 17.0 Å². The molecule has 0 unspecified atom stereocenters. The van der Waals surface area contributed by atoms with Crippen LogP contribution >= 0.6 is 0 Å². The van der Waals surface area contributed by atoms with Gasteiger partial charge in [-0.05, 0) is 30.7 Å². The Kier molecular flexibility index (Phi) is 5.38. The van der Waals surface area contributed by atoms with E-state index in [9.17, 15) is 25.0 Å². The molecule has 4 atom stereocenters. The summed E-state index contributed by atoms with van der Waals surface area (Å²) < 4.78 is 10.4. The highest BCUT2D eigenvalue weighted by Gasteiger charge is 2.66. The second-order valence-electron chi connectivity index (χ2n) is 7.99. The van der Waals surface area contributed by atoms with E-state index in [0.717, 1.165) is 5.56 Å². The van der Waals surface area contributed by atoms with Crippen molar-refractivity contribution in [2.75, 3.05) is 19.1 Å². The molecule has 2 heterocycles. The molecule has 0 spiro atoms. The number of anilines is 1. The van der Waals surface area contributed by atoms with Crippen LogP contribution in [-0.4, -0.2) is 43.0 Å². The normalized spacial score (nSPS) is 24.9. The smallest absolute Gasteiger partial charge is 0.329 e. The summed E-state index contributed by atoms with van der Waals surface area (Å²) in [6.07, 6.45) is 3.52. The predicted octanol–water partition coefficient (Wildman–Crippen LogP) is 3.24. The average molecular weight is 447 g/mol. The van der Waals surface area contributed by atoms with Crippen molar-refractivity contribution in [3.8, 4) is 11.8 Å². The number of hydrogen-bond donors (Lipinski definition) is 0. The van der Waals surface area contributed by atoms with E-state index in [1.807, 2.05) is 6.07 Å². The van der Waals surface area contributed by atoms with Crippen LogP contribution in [0.3, 0.4) is 0 Å². The highest BCUT2D eigenvalue weighted by molar-refractivity contribution is 5.96. The zero-order valence-corrected chi connectivity index (χ0v) is 18.2. The largest absolute Gasteiger partial charge is 0.497 e. The molecule has 0 saturated carbocycles. The topological polar surface area (TPSA) is 123 Å². The molecular formula is C24H21N3O6. The van der Waals surface area contributed by atoms with Gasteiger partial charge in [0.2, 0.25) is 0 Å². The number of Topliss-reactive ketones (excluding diaryl/α,β-unsaturated/α-hetero) is 1. The Morgan fingerprint density at radius 1 is 1.18 bits per heavy atom. The van der Waals surface area contributed by atoms with Crippen LogP contribution in [0.2, 0.25) is 0 Å². The number of carbonyl (C=O) groups is 2. The van der Waals surface area contributed by atoms with Gasteiger partial charge >= 0.3 is 5.97 Å². The van der Waals surface area contributed by atoms with Crippen LogP contribution in [0.1, 0.15) is 24.0 Å². The maximum atomic E-state index is 13.2. The van der Waals surface area contributed by atoms with Crippen molar-refractivity contribution in [3.63, 3.8) is 0 Å². The highest BCUT2D eigenvalue weighted by atomic mass is 16.6. The molecule has 168 valence electrons. The molecule has 1 fully saturated rings. The van der Waals surface area contributed by atoms with E-state index >= 15 is 0 Å². The second-order valence-corrected chi connectivity index (χ2v) is 7.99. The van der Waals surface area contributed by atoms with Crippen LogP contribution in [0, 0.1) is 26.9 Å². The molecule has 2 aromatic carbocycles. The van der Waals surface area contributed by atoms with Gasteiger partial charge in [-0.2, -0.15) is 5.26 Å². The summed E-state index contributed by atoms with van der Waals surface area (Å²) in [7, 11) is 2.75. The number of carbonyl (C=O) groups excluding carboxylic acids is 2. The first-order chi connectivity index (χ1) is 15.8. The summed E-state index contributed by atoms with van der Waals surface area (Å²) in [4.78, 5) is 38.6. The van der Waals surface area contributed by atoms with Crippen molar-refractivity contribution in [2.45, 2.75) is 24.9 Å². The van der Waals surface area contributed by atoms with E-state index in [1.165, 1.54) is 38.3 Å². The third-order valence-corrected chi connectivity index (χ3v) is 6.43. The standard InChI is InChI=1S/C24H21N3O6/c1-14(28)22-21(15-4-7-17(8-5-15)27(30)31)24(13-25,23(29)33-3)20-11-6-16-12-18(32-2)9-10-19(16)26(20)22/h4-12,20-22H,1-3H3/t20-,21-,22+,24+/m1/s1. The lowest BCUT2D eigenvalue weighted by Crippen LogP contribution is -2.46. The summed E-state index contributed by atoms with van der Waals surface area (Å²) in [5.74, 6) is -1.31. The fraction of sp³-hybridized carbons (Fsp3) is 0.292. The number of nitro groups is 1. The SMILES string of the molecule is COC(=O)[C@]1(C#N)[C@H](c2ccc([N+](=O)[O-])cc2)[C@H](C(C)=O)N2c3ccc(OC)cc3C=C[C@@H]21. The number of nitriles is 1. The summed E-state index contributed by atoms with van der Waals surface area (Å²) in [5, 5.41) is 21.5. The molecule has 2 aromatic rings. The lowest BCUT2D eigenvalue weighted by molar-refractivity contribution is -0.384. The molecule has 0 amide bonds. The Morgan fingerprint density at radius 2 is 1.88 bits per heavy atom. The van der Waals surface area contributed by atoms with E-state index in [4.69, 9.17) is 9.47 Å². The Balaban J connectivity index is 1.98. The fourth-order valence-corrected chi connectivity index (χ4v) is 5.03. The van der Waals surface area contributed by atoms with Crippen molar-refractivity contribution in [1.29, 1.82) is 5.26 Å². The van der Waals surface area contributed by atoms with Gasteiger partial charge in [0, 0.05) is 29.3 Å². The maximum Gasteiger partial charge on any atom is 0.329 e. The molecule has 9 nitrogen and oxygen atoms in total. The predicted molar refractivity (Wildman–Crippen MR) is 119 cm³/mol. The molecule has 0 aromatic heterocycles. The van der Waals surface area contributed by atoms with Gasteiger partial charge < -0.3 is 14.4 Å². The van der Waals surface area contributed by atoms with Crippen LogP contribution in [0.15, 0.2) is 48.5 Å². The minimum atomic E-state index is -1.75. The molecule has 0 aliphatic carbocycles. The number of non-ortho nitro benzene ring substituents is 1. The number of esters is 1. The number of hydrogen-bond acceptors (Lipinski definition) is 8. The van der Waals surface area contributed by atoms with Crippen LogP contribution in [0.5, 0.6) is 5.75 Å². The Morgan fingerprint density at radius 3 is 2.42 bits per heavy atom. The number of ether oxygens (including phenoxy) is 2. The van der Waals surface area contributed by atoms with Crippen molar-refractivity contribution >= 4 is 29.2 Å². The van der Waals surface area contributed by atoms with E-state index in [1.54, 1.807) is 36.3 Å². The number of nitrogens with zero attached hydrogens (tertiary/aromatic N) is 3. The number of ketones is 1. The highest BCUT2D eigenvalue weighted by Crippen LogP contribution is 2.56. The number of benzene rings is 2. The summed E-state index contributed by atoms with van der Waals surface area (Å²) >= 11 is 0. The van der Waals surface area contributed by atoms with Gasteiger partial charge in [0.05, 0.1) is 37.3 Å². The first-order valence-corrected chi connectivity index (χ1v) is 10.2. The minimum Gasteiger partial charge on any atom is -0.497 e. The number of rotatable bonds is 5. The van der Waals surface area contributed by atoms with E-state index in [2.05, 4.69) is 6.07 Å². The van der Waals surface area contributed by atoms with Crippen LogP contribution in [-0.2, 0) is 14.3 Å². The average Bonchev–Trinajstić information content (AvgIpc) is 3.14. The van der Waals surface area contributed by atoms with Crippen LogP contribution < -0.4 is 9.64 Å². The van der Waals surface area contributed by atoms with Gasteiger partial charge in [0.25, 0.3) is 5.69 Å². The lowest BCUT2D eigenvalue weighted by atomic mass is 9.68. The molecule has 33 heavy (non-hydrogen) atoms. The molecule has 2 aliphatic heterocycles. The second kappa shape index (κ2) is 8.06. The lowest BCUT2D eigenvalue weighted by Gasteiger charge is -2.36. The Bertz CT molecular complexity index is 1220. The van der Waals surface area contributed by atoms with Gasteiger partial charge in [-0.15, -0.1) is 0 Å². The van der Waals surface area contributed by atoms with E-state index < -0.39 is 34.3 Å². The van der Waals surface area contributed by atoms with Crippen molar-refractivity contribution in [3.05, 3.63) is 69.8 Å². The molecule has 2 aliphatic rings. The minimum absolute atomic E-state index is 0.133. The maximum absolute atomic E-state index is 13.2. The van der Waals surface area contributed by atoms with Crippen molar-refractivity contribution in [2.24, 2.45) is 5.41 Å². The summed E-state index contributed by atoms with van der Waals surface area (Å²) in [5.41, 5.74) is 0.0294. The molecule has 0 bridgehead atoms.